The van der Waals surface area contributed by atoms with Crippen molar-refractivity contribution in [3.05, 3.63) is 64.7 Å². The third kappa shape index (κ3) is 5.03. The summed E-state index contributed by atoms with van der Waals surface area (Å²) in [6.07, 6.45) is 0.505. The van der Waals surface area contributed by atoms with E-state index in [4.69, 9.17) is 11.6 Å². The number of benzene rings is 2. The van der Waals surface area contributed by atoms with Crippen LogP contribution < -0.4 is 10.6 Å². The lowest BCUT2D eigenvalue weighted by Gasteiger charge is -2.07. The highest BCUT2D eigenvalue weighted by atomic mass is 35.5. The Balaban J connectivity index is 1.83. The summed E-state index contributed by atoms with van der Waals surface area (Å²) >= 11 is 5.84. The Morgan fingerprint density at radius 1 is 1.00 bits per heavy atom. The number of carbonyl (C=O) groups is 2. The second-order valence-corrected chi connectivity index (χ2v) is 5.16. The van der Waals surface area contributed by atoms with Crippen LogP contribution in [-0.2, 0) is 16.0 Å². The molecular weight excluding hydrogens is 326 g/mol. The van der Waals surface area contributed by atoms with E-state index in [0.29, 0.717) is 11.4 Å². The first-order chi connectivity index (χ1) is 11.0. The zero-order valence-corrected chi connectivity index (χ0v) is 12.7. The van der Waals surface area contributed by atoms with Gasteiger partial charge in [-0.3, -0.25) is 9.59 Å². The first kappa shape index (κ1) is 16.9. The van der Waals surface area contributed by atoms with E-state index in [2.05, 4.69) is 10.6 Å². The minimum atomic E-state index is -1.11. The van der Waals surface area contributed by atoms with Crippen LogP contribution in [0.25, 0.3) is 0 Å². The van der Waals surface area contributed by atoms with E-state index in [0.717, 1.165) is 23.8 Å². The van der Waals surface area contributed by atoms with Crippen molar-refractivity contribution < 1.29 is 18.4 Å². The van der Waals surface area contributed by atoms with Crippen molar-refractivity contribution in [2.45, 2.75) is 6.42 Å². The molecule has 4 nitrogen and oxygen atoms in total. The van der Waals surface area contributed by atoms with E-state index in [1.54, 1.807) is 18.2 Å². The highest BCUT2D eigenvalue weighted by Gasteiger charge is 2.14. The Morgan fingerprint density at radius 2 is 1.78 bits per heavy atom. The molecule has 0 heterocycles. The molecule has 0 bridgehead atoms. The molecule has 23 heavy (non-hydrogen) atoms. The van der Waals surface area contributed by atoms with Crippen LogP contribution in [0.2, 0.25) is 5.02 Å². The molecular formula is C16H13ClF2N2O2. The lowest BCUT2D eigenvalue weighted by atomic mass is 10.1. The molecule has 2 aromatic carbocycles. The molecule has 120 valence electrons. The number of hydrogen-bond donors (Lipinski definition) is 2. The summed E-state index contributed by atoms with van der Waals surface area (Å²) in [7, 11) is 0. The zero-order chi connectivity index (χ0) is 16.8. The smallest absolute Gasteiger partial charge is 0.313 e. The van der Waals surface area contributed by atoms with Gasteiger partial charge in [0.05, 0.1) is 0 Å². The lowest BCUT2D eigenvalue weighted by Crippen LogP contribution is -2.36. The normalized spacial score (nSPS) is 10.2. The van der Waals surface area contributed by atoms with E-state index >= 15 is 0 Å². The Morgan fingerprint density at radius 3 is 2.48 bits per heavy atom. The van der Waals surface area contributed by atoms with Crippen LogP contribution in [0.3, 0.4) is 0 Å². The van der Waals surface area contributed by atoms with E-state index in [1.165, 1.54) is 0 Å². The van der Waals surface area contributed by atoms with Gasteiger partial charge in [0.2, 0.25) is 0 Å². The van der Waals surface area contributed by atoms with Gasteiger partial charge in [0, 0.05) is 23.3 Å². The standard InChI is InChI=1S/C16H13ClF2N2O2/c17-11-3-1-2-10(8-11)6-7-20-15(22)16(23)21-12-4-5-13(18)14(19)9-12/h1-5,8-9H,6-7H2,(H,20,22)(H,21,23). The predicted octanol–water partition coefficient (Wildman–Crippen LogP) is 2.92. The number of anilines is 1. The minimum Gasteiger partial charge on any atom is -0.347 e. The summed E-state index contributed by atoms with van der Waals surface area (Å²) in [4.78, 5) is 23.3. The third-order valence-corrected chi connectivity index (χ3v) is 3.21. The summed E-state index contributed by atoms with van der Waals surface area (Å²) in [5.41, 5.74) is 0.915. The monoisotopic (exact) mass is 338 g/mol. The second kappa shape index (κ2) is 7.69. The van der Waals surface area contributed by atoms with Crippen molar-refractivity contribution in [1.29, 1.82) is 0 Å². The van der Waals surface area contributed by atoms with Crippen LogP contribution in [0.5, 0.6) is 0 Å². The molecule has 7 heteroatoms. The molecule has 0 saturated carbocycles. The topological polar surface area (TPSA) is 58.2 Å². The van der Waals surface area contributed by atoms with Crippen LogP contribution in [0.1, 0.15) is 5.56 Å². The maximum absolute atomic E-state index is 13.0. The molecule has 0 spiro atoms. The molecule has 2 aromatic rings. The second-order valence-electron chi connectivity index (χ2n) is 4.72. The molecule has 2 N–H and O–H groups in total. The summed E-state index contributed by atoms with van der Waals surface area (Å²) < 4.78 is 25.8. The van der Waals surface area contributed by atoms with Crippen molar-refractivity contribution in [3.8, 4) is 0 Å². The number of carbonyl (C=O) groups excluding carboxylic acids is 2. The summed E-state index contributed by atoms with van der Waals surface area (Å²) in [6, 6.07) is 9.95. The highest BCUT2D eigenvalue weighted by Crippen LogP contribution is 2.13. The van der Waals surface area contributed by atoms with Gasteiger partial charge in [0.25, 0.3) is 0 Å². The van der Waals surface area contributed by atoms with Gasteiger partial charge in [-0.25, -0.2) is 8.78 Å². The van der Waals surface area contributed by atoms with Crippen molar-refractivity contribution in [3.63, 3.8) is 0 Å². The molecule has 2 rings (SSSR count). The molecule has 0 fully saturated rings. The van der Waals surface area contributed by atoms with E-state index in [1.807, 2.05) is 6.07 Å². The number of amides is 2. The van der Waals surface area contributed by atoms with Gasteiger partial charge in [-0.1, -0.05) is 23.7 Å². The molecule has 0 aromatic heterocycles. The van der Waals surface area contributed by atoms with Crippen molar-refractivity contribution in [1.82, 2.24) is 5.32 Å². The Labute approximate surface area is 136 Å². The highest BCUT2D eigenvalue weighted by molar-refractivity contribution is 6.39. The Kier molecular flexibility index (Phi) is 5.65. The van der Waals surface area contributed by atoms with Crippen molar-refractivity contribution in [2.24, 2.45) is 0 Å². The average molecular weight is 339 g/mol. The third-order valence-electron chi connectivity index (χ3n) is 2.97. The fourth-order valence-corrected chi connectivity index (χ4v) is 2.07. The Hall–Kier alpha value is -2.47. The quantitative estimate of drug-likeness (QED) is 0.842. The number of halogens is 3. The van der Waals surface area contributed by atoms with Crippen LogP contribution in [-0.4, -0.2) is 18.4 Å². The molecule has 0 aliphatic rings. The number of hydrogen-bond acceptors (Lipinski definition) is 2. The summed E-state index contributed by atoms with van der Waals surface area (Å²) in [6.45, 7) is 0.240. The van der Waals surface area contributed by atoms with Crippen LogP contribution in [0, 0.1) is 11.6 Å². The molecule has 0 atom stereocenters. The largest absolute Gasteiger partial charge is 0.347 e. The number of rotatable bonds is 4. The first-order valence-electron chi connectivity index (χ1n) is 6.74. The van der Waals surface area contributed by atoms with Gasteiger partial charge in [-0.15, -0.1) is 0 Å². The van der Waals surface area contributed by atoms with Crippen LogP contribution >= 0.6 is 11.6 Å². The van der Waals surface area contributed by atoms with Crippen LogP contribution in [0.4, 0.5) is 14.5 Å². The van der Waals surface area contributed by atoms with Gasteiger partial charge in [0.15, 0.2) is 11.6 Å². The van der Waals surface area contributed by atoms with Crippen molar-refractivity contribution in [2.75, 3.05) is 11.9 Å². The van der Waals surface area contributed by atoms with E-state index < -0.39 is 23.4 Å². The first-order valence-corrected chi connectivity index (χ1v) is 7.12. The van der Waals surface area contributed by atoms with Gasteiger partial charge >= 0.3 is 11.8 Å². The SMILES string of the molecule is O=C(NCCc1cccc(Cl)c1)C(=O)Nc1ccc(F)c(F)c1. The number of nitrogens with one attached hydrogen (secondary N) is 2. The van der Waals surface area contributed by atoms with Crippen molar-refractivity contribution >= 4 is 29.1 Å². The lowest BCUT2D eigenvalue weighted by molar-refractivity contribution is -0.136. The molecule has 0 unspecified atom stereocenters. The maximum Gasteiger partial charge on any atom is 0.313 e. The summed E-state index contributed by atoms with van der Waals surface area (Å²) in [5, 5.41) is 5.21. The minimum absolute atomic E-state index is 0.00103. The van der Waals surface area contributed by atoms with Crippen LogP contribution in [0.15, 0.2) is 42.5 Å². The van der Waals surface area contributed by atoms with Gasteiger partial charge < -0.3 is 10.6 Å². The maximum atomic E-state index is 13.0. The Bertz CT molecular complexity index is 738. The molecule has 0 aliphatic carbocycles. The van der Waals surface area contributed by atoms with E-state index in [9.17, 15) is 18.4 Å². The average Bonchev–Trinajstić information content (AvgIpc) is 2.51. The fraction of sp³-hybridized carbons (Fsp3) is 0.125. The van der Waals surface area contributed by atoms with E-state index in [-0.39, 0.29) is 12.2 Å². The zero-order valence-electron chi connectivity index (χ0n) is 11.9. The predicted molar refractivity (Wildman–Crippen MR) is 83.2 cm³/mol. The van der Waals surface area contributed by atoms with Gasteiger partial charge in [-0.2, -0.15) is 0 Å². The molecule has 0 radical (unpaired) electrons. The molecule has 0 saturated heterocycles. The summed E-state index contributed by atoms with van der Waals surface area (Å²) in [5.74, 6) is -3.96. The molecule has 2 amide bonds. The van der Waals surface area contributed by atoms with Gasteiger partial charge in [-0.05, 0) is 36.2 Å². The fourth-order valence-electron chi connectivity index (χ4n) is 1.85. The van der Waals surface area contributed by atoms with Gasteiger partial charge in [0.1, 0.15) is 0 Å². The molecule has 0 aliphatic heterocycles.